The van der Waals surface area contributed by atoms with Crippen LogP contribution in [-0.4, -0.2) is 47.3 Å². The predicted octanol–water partition coefficient (Wildman–Crippen LogP) is 3.82. The number of aliphatic carboxylic acids is 1. The van der Waals surface area contributed by atoms with Gasteiger partial charge in [-0.05, 0) is 28.2 Å². The van der Waals surface area contributed by atoms with Crippen molar-refractivity contribution in [1.29, 1.82) is 0 Å². The van der Waals surface area contributed by atoms with Crippen LogP contribution in [-0.2, 0) is 16.0 Å². The van der Waals surface area contributed by atoms with Gasteiger partial charge in [-0.3, -0.25) is 10.1 Å². The quantitative estimate of drug-likeness (QED) is 0.790. The second-order valence-electron chi connectivity index (χ2n) is 8.08. The van der Waals surface area contributed by atoms with Crippen molar-refractivity contribution in [3.8, 4) is 0 Å². The Morgan fingerprint density at radius 2 is 1.66 bits per heavy atom. The van der Waals surface area contributed by atoms with E-state index in [2.05, 4.69) is 68.6 Å². The maximum Gasteiger partial charge on any atom is 0.490 e. The van der Waals surface area contributed by atoms with Crippen LogP contribution in [0.25, 0.3) is 10.8 Å². The van der Waals surface area contributed by atoms with E-state index < -0.39 is 12.1 Å². The lowest BCUT2D eigenvalue weighted by molar-refractivity contribution is -0.192. The molecule has 5 nitrogen and oxygen atoms in total. The zero-order chi connectivity index (χ0) is 22.0. The number of carboxylic acids is 1. The Labute approximate surface area is 167 Å². The van der Waals surface area contributed by atoms with E-state index in [0.29, 0.717) is 0 Å². The average molecular weight is 410 g/mol. The Balaban J connectivity index is 0.000000370. The Morgan fingerprint density at radius 1 is 1.10 bits per heavy atom. The maximum atomic E-state index is 12.6. The van der Waals surface area contributed by atoms with Gasteiger partial charge in [0, 0.05) is 7.05 Å². The highest BCUT2D eigenvalue weighted by Gasteiger charge is 2.42. The fourth-order valence-corrected chi connectivity index (χ4v) is 3.41. The fourth-order valence-electron chi connectivity index (χ4n) is 3.41. The van der Waals surface area contributed by atoms with Gasteiger partial charge in [-0.1, -0.05) is 63.2 Å². The van der Waals surface area contributed by atoms with Gasteiger partial charge in [-0.2, -0.15) is 13.2 Å². The molecule has 0 aliphatic carbocycles. The van der Waals surface area contributed by atoms with Crippen molar-refractivity contribution >= 4 is 22.6 Å². The number of carboxylic acid groups (broad SMARTS) is 1. The largest absolute Gasteiger partial charge is 0.490 e. The van der Waals surface area contributed by atoms with Crippen molar-refractivity contribution in [1.82, 2.24) is 10.2 Å². The van der Waals surface area contributed by atoms with Crippen molar-refractivity contribution < 1.29 is 27.9 Å². The van der Waals surface area contributed by atoms with Crippen LogP contribution in [0.2, 0.25) is 0 Å². The van der Waals surface area contributed by atoms with Crippen LogP contribution in [0.1, 0.15) is 26.3 Å². The standard InChI is InChI=1S/C19H24N2O.C2HF3O2/c1-19(2,3)18-20-16(17(22)21(18)4)12-14-10-7-9-13-8-5-6-11-15(13)14;3-2(4,5)1(6)7/h5-11,16,18,20H,12H2,1-4H3;(H,6,7)/t16-,18-;/m0./s1. The van der Waals surface area contributed by atoms with Gasteiger partial charge in [0.1, 0.15) is 0 Å². The van der Waals surface area contributed by atoms with Crippen molar-refractivity contribution in [2.24, 2.45) is 5.41 Å². The highest BCUT2D eigenvalue weighted by Crippen LogP contribution is 2.28. The SMILES string of the molecule is CN1C(=O)[C@H](Cc2cccc3ccccc23)N[C@@H]1C(C)(C)C.O=C(O)C(F)(F)F. The summed E-state index contributed by atoms with van der Waals surface area (Å²) in [5.74, 6) is -2.57. The number of likely N-dealkylation sites (N-methyl/N-ethyl adjacent to an activating group) is 1. The molecule has 158 valence electrons. The lowest BCUT2D eigenvalue weighted by Gasteiger charge is -2.32. The summed E-state index contributed by atoms with van der Waals surface area (Å²) in [6.07, 6.45) is -4.27. The van der Waals surface area contributed by atoms with Gasteiger partial charge in [0.2, 0.25) is 5.91 Å². The van der Waals surface area contributed by atoms with E-state index in [1.165, 1.54) is 16.3 Å². The lowest BCUT2D eigenvalue weighted by Crippen LogP contribution is -2.45. The number of hydrogen-bond acceptors (Lipinski definition) is 3. The molecule has 0 bridgehead atoms. The number of halogens is 3. The fraction of sp³-hybridized carbons (Fsp3) is 0.429. The number of hydrogen-bond donors (Lipinski definition) is 2. The Morgan fingerprint density at radius 3 is 2.17 bits per heavy atom. The third-order valence-corrected chi connectivity index (χ3v) is 4.76. The maximum absolute atomic E-state index is 12.6. The predicted molar refractivity (Wildman–Crippen MR) is 104 cm³/mol. The first-order chi connectivity index (χ1) is 13.3. The van der Waals surface area contributed by atoms with E-state index in [0.717, 1.165) is 6.42 Å². The molecular formula is C21H25F3N2O3. The summed E-state index contributed by atoms with van der Waals surface area (Å²) in [5.41, 5.74) is 1.25. The topological polar surface area (TPSA) is 69.6 Å². The molecule has 0 saturated carbocycles. The molecule has 0 aromatic heterocycles. The lowest BCUT2D eigenvalue weighted by atomic mass is 9.92. The van der Waals surface area contributed by atoms with Crippen LogP contribution >= 0.6 is 0 Å². The van der Waals surface area contributed by atoms with Crippen LogP contribution < -0.4 is 5.32 Å². The summed E-state index contributed by atoms with van der Waals surface area (Å²) in [4.78, 5) is 23.3. The molecular weight excluding hydrogens is 385 g/mol. The van der Waals surface area contributed by atoms with Gasteiger partial charge in [0.05, 0.1) is 12.2 Å². The van der Waals surface area contributed by atoms with Gasteiger partial charge in [-0.25, -0.2) is 4.79 Å². The smallest absolute Gasteiger partial charge is 0.475 e. The molecule has 1 saturated heterocycles. The summed E-state index contributed by atoms with van der Waals surface area (Å²) in [5, 5.41) is 13.1. The molecule has 3 rings (SSSR count). The highest BCUT2D eigenvalue weighted by atomic mass is 19.4. The average Bonchev–Trinajstić information content (AvgIpc) is 2.90. The zero-order valence-electron chi connectivity index (χ0n) is 16.7. The number of carbonyl (C=O) groups excluding carboxylic acids is 1. The molecule has 0 unspecified atom stereocenters. The van der Waals surface area contributed by atoms with Gasteiger partial charge in [0.15, 0.2) is 0 Å². The number of benzene rings is 2. The van der Waals surface area contributed by atoms with Crippen LogP contribution in [0.4, 0.5) is 13.2 Å². The second-order valence-corrected chi connectivity index (χ2v) is 8.08. The Hall–Kier alpha value is -2.61. The number of carbonyl (C=O) groups is 2. The third-order valence-electron chi connectivity index (χ3n) is 4.76. The minimum atomic E-state index is -5.08. The van der Waals surface area contributed by atoms with E-state index in [-0.39, 0.29) is 23.5 Å². The summed E-state index contributed by atoms with van der Waals surface area (Å²) in [6.45, 7) is 6.48. The number of nitrogens with one attached hydrogen (secondary N) is 1. The van der Waals surface area contributed by atoms with E-state index >= 15 is 0 Å². The van der Waals surface area contributed by atoms with Gasteiger partial charge in [0.25, 0.3) is 0 Å². The minimum Gasteiger partial charge on any atom is -0.475 e. The van der Waals surface area contributed by atoms with Crippen LogP contribution in [0.15, 0.2) is 42.5 Å². The van der Waals surface area contributed by atoms with Crippen molar-refractivity contribution in [2.75, 3.05) is 7.05 Å². The van der Waals surface area contributed by atoms with Gasteiger partial charge in [-0.15, -0.1) is 0 Å². The Bertz CT molecular complexity index is 885. The minimum absolute atomic E-state index is 0.0257. The number of fused-ring (bicyclic) bond motifs is 1. The molecule has 1 aliphatic heterocycles. The normalized spacial score (nSPS) is 19.8. The van der Waals surface area contributed by atoms with E-state index in [4.69, 9.17) is 9.90 Å². The monoisotopic (exact) mass is 410 g/mol. The number of rotatable bonds is 2. The first-order valence-electron chi connectivity index (χ1n) is 9.12. The highest BCUT2D eigenvalue weighted by molar-refractivity contribution is 5.88. The molecule has 8 heteroatoms. The molecule has 1 aliphatic rings. The molecule has 2 aromatic rings. The molecule has 0 radical (unpaired) electrons. The number of alkyl halides is 3. The van der Waals surface area contributed by atoms with Crippen LogP contribution in [0.5, 0.6) is 0 Å². The summed E-state index contributed by atoms with van der Waals surface area (Å²) in [7, 11) is 1.90. The molecule has 0 spiro atoms. The van der Waals surface area contributed by atoms with Crippen molar-refractivity contribution in [2.45, 2.75) is 45.6 Å². The first kappa shape index (κ1) is 22.7. The van der Waals surface area contributed by atoms with E-state index in [9.17, 15) is 18.0 Å². The summed E-state index contributed by atoms with van der Waals surface area (Å²) >= 11 is 0. The summed E-state index contributed by atoms with van der Waals surface area (Å²) in [6, 6.07) is 14.5. The molecule has 2 atom stereocenters. The van der Waals surface area contributed by atoms with Crippen molar-refractivity contribution in [3.63, 3.8) is 0 Å². The number of amides is 1. The summed E-state index contributed by atoms with van der Waals surface area (Å²) < 4.78 is 31.7. The second kappa shape index (κ2) is 8.41. The molecule has 1 fully saturated rings. The first-order valence-corrected chi connectivity index (χ1v) is 9.12. The molecule has 2 aromatic carbocycles. The molecule has 2 N–H and O–H groups in total. The number of nitrogens with zero attached hydrogens (tertiary/aromatic N) is 1. The van der Waals surface area contributed by atoms with E-state index in [1.54, 1.807) is 0 Å². The molecule has 1 amide bonds. The Kier molecular flexibility index (Phi) is 6.57. The van der Waals surface area contributed by atoms with E-state index in [1.807, 2.05) is 11.9 Å². The van der Waals surface area contributed by atoms with Gasteiger partial charge >= 0.3 is 12.1 Å². The zero-order valence-corrected chi connectivity index (χ0v) is 16.7. The van der Waals surface area contributed by atoms with Crippen LogP contribution in [0.3, 0.4) is 0 Å². The van der Waals surface area contributed by atoms with Crippen molar-refractivity contribution in [3.05, 3.63) is 48.0 Å². The van der Waals surface area contributed by atoms with Gasteiger partial charge < -0.3 is 10.0 Å². The molecule has 1 heterocycles. The third kappa shape index (κ3) is 5.47. The van der Waals surface area contributed by atoms with Crippen LogP contribution in [0, 0.1) is 5.41 Å². The molecule has 29 heavy (non-hydrogen) atoms.